The zero-order chi connectivity index (χ0) is 18.4. The molecule has 0 aliphatic heterocycles. The van der Waals surface area contributed by atoms with Crippen LogP contribution in [-0.2, 0) is 0 Å². The highest BCUT2D eigenvalue weighted by atomic mass is 16.5. The van der Waals surface area contributed by atoms with Gasteiger partial charge < -0.3 is 15.4 Å². The van der Waals surface area contributed by atoms with E-state index in [0.29, 0.717) is 28.4 Å². The molecule has 2 N–H and O–H groups in total. The molecule has 0 spiro atoms. The van der Waals surface area contributed by atoms with Gasteiger partial charge in [-0.1, -0.05) is 6.07 Å². The summed E-state index contributed by atoms with van der Waals surface area (Å²) >= 11 is 0. The van der Waals surface area contributed by atoms with Gasteiger partial charge in [0.2, 0.25) is 0 Å². The molecule has 0 fully saturated rings. The minimum absolute atomic E-state index is 0.237. The van der Waals surface area contributed by atoms with Crippen molar-refractivity contribution in [1.29, 1.82) is 5.26 Å². The van der Waals surface area contributed by atoms with Crippen LogP contribution in [0.1, 0.15) is 15.9 Å². The number of benzene rings is 2. The predicted octanol–water partition coefficient (Wildman–Crippen LogP) is 3.96. The van der Waals surface area contributed by atoms with Crippen molar-refractivity contribution in [2.45, 2.75) is 0 Å². The molecule has 3 aromatic rings. The molecular weight excluding hydrogens is 328 g/mol. The van der Waals surface area contributed by atoms with Gasteiger partial charge >= 0.3 is 0 Å². The average molecular weight is 344 g/mol. The molecule has 0 atom stereocenters. The lowest BCUT2D eigenvalue weighted by molar-refractivity contribution is 0.102. The lowest BCUT2D eigenvalue weighted by Crippen LogP contribution is -2.12. The number of carbonyl (C=O) groups excluding carboxylic acids is 1. The van der Waals surface area contributed by atoms with E-state index in [-0.39, 0.29) is 5.91 Å². The third-order valence-corrected chi connectivity index (χ3v) is 3.64. The number of anilines is 3. The lowest BCUT2D eigenvalue weighted by atomic mass is 10.2. The Morgan fingerprint density at radius 1 is 1.08 bits per heavy atom. The van der Waals surface area contributed by atoms with Crippen molar-refractivity contribution in [2.24, 2.45) is 0 Å². The zero-order valence-electron chi connectivity index (χ0n) is 14.1. The smallest absolute Gasteiger partial charge is 0.255 e. The van der Waals surface area contributed by atoms with Crippen LogP contribution in [0.25, 0.3) is 0 Å². The first-order valence-electron chi connectivity index (χ1n) is 7.86. The summed E-state index contributed by atoms with van der Waals surface area (Å²) in [6, 6.07) is 19.6. The maximum Gasteiger partial charge on any atom is 0.255 e. The molecule has 1 amide bonds. The van der Waals surface area contributed by atoms with Crippen molar-refractivity contribution >= 4 is 23.1 Å². The number of nitrogens with zero attached hydrogens (tertiary/aromatic N) is 2. The van der Waals surface area contributed by atoms with Crippen molar-refractivity contribution in [3.05, 3.63) is 78.0 Å². The molecule has 3 rings (SSSR count). The molecule has 6 heteroatoms. The summed E-state index contributed by atoms with van der Waals surface area (Å²) in [7, 11) is 1.56. The average Bonchev–Trinajstić information content (AvgIpc) is 2.70. The summed E-state index contributed by atoms with van der Waals surface area (Å²) < 4.78 is 5.12. The van der Waals surface area contributed by atoms with Gasteiger partial charge in [0.15, 0.2) is 0 Å². The van der Waals surface area contributed by atoms with Crippen LogP contribution >= 0.6 is 0 Å². The summed E-state index contributed by atoms with van der Waals surface area (Å²) in [5, 5.41) is 14.7. The molecule has 0 saturated heterocycles. The Balaban J connectivity index is 1.65. The summed E-state index contributed by atoms with van der Waals surface area (Å²) in [6.07, 6.45) is 1.57. The SMILES string of the molecule is COc1cccc(C(=O)Nc2ccc(Nc3ccc(C#N)cc3)nc2)c1. The molecule has 0 radical (unpaired) electrons. The van der Waals surface area contributed by atoms with E-state index < -0.39 is 0 Å². The van der Waals surface area contributed by atoms with E-state index in [9.17, 15) is 4.79 Å². The van der Waals surface area contributed by atoms with E-state index in [1.807, 2.05) is 0 Å². The number of methoxy groups -OCH3 is 1. The minimum atomic E-state index is -0.237. The molecule has 0 unspecified atom stereocenters. The Morgan fingerprint density at radius 3 is 2.50 bits per heavy atom. The van der Waals surface area contributed by atoms with Crippen molar-refractivity contribution in [2.75, 3.05) is 17.7 Å². The summed E-state index contributed by atoms with van der Waals surface area (Å²) in [5.74, 6) is 1.02. The van der Waals surface area contributed by atoms with Gasteiger partial charge in [0.25, 0.3) is 5.91 Å². The molecule has 0 bridgehead atoms. The van der Waals surface area contributed by atoms with Gasteiger partial charge in [-0.05, 0) is 54.6 Å². The third-order valence-electron chi connectivity index (χ3n) is 3.64. The summed E-state index contributed by atoms with van der Waals surface area (Å²) in [5.41, 5.74) is 2.51. The number of aromatic nitrogens is 1. The van der Waals surface area contributed by atoms with Gasteiger partial charge in [0.05, 0.1) is 30.6 Å². The molecule has 26 heavy (non-hydrogen) atoms. The molecular formula is C20H16N4O2. The Hall–Kier alpha value is -3.85. The van der Waals surface area contributed by atoms with E-state index in [4.69, 9.17) is 10.00 Å². The molecule has 1 aromatic heterocycles. The van der Waals surface area contributed by atoms with Crippen LogP contribution in [0.4, 0.5) is 17.2 Å². The number of nitrogens with one attached hydrogen (secondary N) is 2. The van der Waals surface area contributed by atoms with Gasteiger partial charge in [-0.3, -0.25) is 4.79 Å². The molecule has 0 aliphatic rings. The minimum Gasteiger partial charge on any atom is -0.497 e. The maximum atomic E-state index is 12.3. The van der Waals surface area contributed by atoms with Crippen LogP contribution in [-0.4, -0.2) is 18.0 Å². The molecule has 1 heterocycles. The second-order valence-corrected chi connectivity index (χ2v) is 5.43. The first-order chi connectivity index (χ1) is 12.7. The van der Waals surface area contributed by atoms with Crippen molar-refractivity contribution < 1.29 is 9.53 Å². The lowest BCUT2D eigenvalue weighted by Gasteiger charge is -2.08. The van der Waals surface area contributed by atoms with Gasteiger partial charge in [-0.25, -0.2) is 4.98 Å². The normalized spacial score (nSPS) is 9.85. The van der Waals surface area contributed by atoms with Gasteiger partial charge in [-0.2, -0.15) is 5.26 Å². The Labute approximate surface area is 151 Å². The van der Waals surface area contributed by atoms with Gasteiger partial charge in [0.1, 0.15) is 11.6 Å². The van der Waals surface area contributed by atoms with Crippen LogP contribution in [0.15, 0.2) is 66.9 Å². The van der Waals surface area contributed by atoms with E-state index in [1.54, 1.807) is 74.0 Å². The number of rotatable bonds is 5. The number of amides is 1. The fourth-order valence-electron chi connectivity index (χ4n) is 2.29. The van der Waals surface area contributed by atoms with Crippen molar-refractivity contribution in [1.82, 2.24) is 4.98 Å². The Morgan fingerprint density at radius 2 is 1.85 bits per heavy atom. The van der Waals surface area contributed by atoms with E-state index >= 15 is 0 Å². The number of ether oxygens (including phenoxy) is 1. The van der Waals surface area contributed by atoms with E-state index in [1.165, 1.54) is 0 Å². The first-order valence-corrected chi connectivity index (χ1v) is 7.86. The number of pyridine rings is 1. The largest absolute Gasteiger partial charge is 0.497 e. The zero-order valence-corrected chi connectivity index (χ0v) is 14.1. The molecule has 2 aromatic carbocycles. The molecule has 128 valence electrons. The number of nitriles is 1. The van der Waals surface area contributed by atoms with Crippen molar-refractivity contribution in [3.8, 4) is 11.8 Å². The van der Waals surface area contributed by atoms with E-state index in [2.05, 4.69) is 21.7 Å². The van der Waals surface area contributed by atoms with Crippen LogP contribution in [0.5, 0.6) is 5.75 Å². The number of hydrogen-bond donors (Lipinski definition) is 2. The molecule has 0 aliphatic carbocycles. The predicted molar refractivity (Wildman–Crippen MR) is 99.6 cm³/mol. The fourth-order valence-corrected chi connectivity index (χ4v) is 2.29. The number of hydrogen-bond acceptors (Lipinski definition) is 5. The van der Waals surface area contributed by atoms with Crippen LogP contribution in [0.3, 0.4) is 0 Å². The first kappa shape index (κ1) is 17.0. The number of carbonyl (C=O) groups is 1. The standard InChI is InChI=1S/C20H16N4O2/c1-26-18-4-2-3-15(11-18)20(25)24-17-9-10-19(22-13-17)23-16-7-5-14(12-21)6-8-16/h2-11,13H,1H3,(H,22,23)(H,24,25). The topological polar surface area (TPSA) is 87.0 Å². The molecule has 6 nitrogen and oxygen atoms in total. The van der Waals surface area contributed by atoms with Crippen LogP contribution < -0.4 is 15.4 Å². The third kappa shape index (κ3) is 4.16. The highest BCUT2D eigenvalue weighted by Crippen LogP contribution is 2.18. The van der Waals surface area contributed by atoms with Crippen molar-refractivity contribution in [3.63, 3.8) is 0 Å². The fraction of sp³-hybridized carbons (Fsp3) is 0.0500. The highest BCUT2D eigenvalue weighted by Gasteiger charge is 2.07. The maximum absolute atomic E-state index is 12.3. The van der Waals surface area contributed by atoms with E-state index in [0.717, 1.165) is 5.69 Å². The van der Waals surface area contributed by atoms with Gasteiger partial charge in [-0.15, -0.1) is 0 Å². The highest BCUT2D eigenvalue weighted by molar-refractivity contribution is 6.04. The Kier molecular flexibility index (Phi) is 5.11. The van der Waals surface area contributed by atoms with Crippen LogP contribution in [0.2, 0.25) is 0 Å². The quantitative estimate of drug-likeness (QED) is 0.731. The summed E-state index contributed by atoms with van der Waals surface area (Å²) in [4.78, 5) is 16.6. The second kappa shape index (κ2) is 7.81. The summed E-state index contributed by atoms with van der Waals surface area (Å²) in [6.45, 7) is 0. The monoisotopic (exact) mass is 344 g/mol. The van der Waals surface area contributed by atoms with Crippen LogP contribution in [0, 0.1) is 11.3 Å². The molecule has 0 saturated carbocycles. The Bertz CT molecular complexity index is 945. The van der Waals surface area contributed by atoms with Gasteiger partial charge in [0, 0.05) is 11.3 Å². The second-order valence-electron chi connectivity index (χ2n) is 5.43.